The Kier molecular flexibility index (Phi) is 5.41. The first-order valence-electron chi connectivity index (χ1n) is 7.05. The van der Waals surface area contributed by atoms with E-state index in [4.69, 9.17) is 4.74 Å². The maximum absolute atomic E-state index is 13.6. The molecule has 1 aromatic rings. The molecule has 1 aromatic carbocycles. The molecule has 5 nitrogen and oxygen atoms in total. The highest BCUT2D eigenvalue weighted by Gasteiger charge is 2.19. The summed E-state index contributed by atoms with van der Waals surface area (Å²) in [5.41, 5.74) is -0.0698. The van der Waals surface area contributed by atoms with Crippen LogP contribution in [0.15, 0.2) is 18.2 Å². The number of anilines is 1. The number of piperidine rings is 1. The number of hydrogen-bond donors (Lipinski definition) is 2. The quantitative estimate of drug-likeness (QED) is 0.842. The summed E-state index contributed by atoms with van der Waals surface area (Å²) in [6, 6.07) is 3.98. The lowest BCUT2D eigenvalue weighted by atomic mass is 9.96. The lowest BCUT2D eigenvalue weighted by Gasteiger charge is -2.22. The molecule has 7 heteroatoms. The van der Waals surface area contributed by atoms with Crippen molar-refractivity contribution in [3.63, 3.8) is 0 Å². The Balaban J connectivity index is 1.96. The Hall–Kier alpha value is -1.34. The summed E-state index contributed by atoms with van der Waals surface area (Å²) in [5, 5.41) is 3.24. The second kappa shape index (κ2) is 7.09. The van der Waals surface area contributed by atoms with E-state index in [9.17, 15) is 12.8 Å². The minimum Gasteiger partial charge on any atom is -0.497 e. The smallest absolute Gasteiger partial charge is 0.232 e. The zero-order valence-electron chi connectivity index (χ0n) is 12.1. The average Bonchev–Trinajstić information content (AvgIpc) is 2.48. The van der Waals surface area contributed by atoms with Gasteiger partial charge in [0.25, 0.3) is 0 Å². The molecular weight excluding hydrogens is 295 g/mol. The summed E-state index contributed by atoms with van der Waals surface area (Å²) in [7, 11) is -2.10. The van der Waals surface area contributed by atoms with E-state index in [2.05, 4.69) is 10.0 Å². The third-order valence-electron chi connectivity index (χ3n) is 3.69. The summed E-state index contributed by atoms with van der Waals surface area (Å²) >= 11 is 0. The molecule has 2 N–H and O–H groups in total. The third-order valence-corrected chi connectivity index (χ3v) is 5.00. The number of ether oxygens (including phenoxy) is 1. The van der Waals surface area contributed by atoms with Crippen LogP contribution in [-0.2, 0) is 10.0 Å². The second-order valence-corrected chi connectivity index (χ2v) is 7.09. The van der Waals surface area contributed by atoms with Gasteiger partial charge in [-0.25, -0.2) is 12.8 Å². The maximum Gasteiger partial charge on any atom is 0.232 e. The molecule has 118 valence electrons. The maximum atomic E-state index is 13.6. The van der Waals surface area contributed by atoms with Crippen LogP contribution in [0.4, 0.5) is 10.1 Å². The van der Waals surface area contributed by atoms with Crippen LogP contribution in [-0.4, -0.2) is 34.4 Å². The predicted octanol–water partition coefficient (Wildman–Crippen LogP) is 1.97. The van der Waals surface area contributed by atoms with Crippen LogP contribution in [0.5, 0.6) is 5.75 Å². The van der Waals surface area contributed by atoms with Crippen molar-refractivity contribution in [1.29, 1.82) is 0 Å². The molecule has 1 aliphatic rings. The molecule has 0 aromatic heterocycles. The first kappa shape index (κ1) is 16.0. The molecule has 2 rings (SSSR count). The van der Waals surface area contributed by atoms with Crippen molar-refractivity contribution in [2.45, 2.75) is 19.3 Å². The number of methoxy groups -OCH3 is 1. The molecule has 1 saturated heterocycles. The molecule has 0 spiro atoms. The molecule has 0 aliphatic carbocycles. The van der Waals surface area contributed by atoms with Gasteiger partial charge < -0.3 is 10.1 Å². The molecule has 1 aliphatic heterocycles. The summed E-state index contributed by atoms with van der Waals surface area (Å²) in [6.07, 6.45) is 2.58. The molecule has 1 fully saturated rings. The molecule has 0 bridgehead atoms. The van der Waals surface area contributed by atoms with Crippen molar-refractivity contribution >= 4 is 15.7 Å². The van der Waals surface area contributed by atoms with Gasteiger partial charge in [0, 0.05) is 6.07 Å². The normalized spacial score (nSPS) is 16.7. The van der Waals surface area contributed by atoms with E-state index in [1.807, 2.05) is 0 Å². The van der Waals surface area contributed by atoms with E-state index in [0.29, 0.717) is 18.1 Å². The van der Waals surface area contributed by atoms with Crippen LogP contribution >= 0.6 is 0 Å². The largest absolute Gasteiger partial charge is 0.497 e. The number of hydrogen-bond acceptors (Lipinski definition) is 4. The SMILES string of the molecule is COc1ccc(F)c(NS(=O)(=O)CCC2CCNCC2)c1. The summed E-state index contributed by atoms with van der Waals surface area (Å²) < 4.78 is 45.0. The molecule has 0 unspecified atom stereocenters. The molecule has 0 atom stereocenters. The van der Waals surface area contributed by atoms with Crippen LogP contribution < -0.4 is 14.8 Å². The van der Waals surface area contributed by atoms with E-state index in [0.717, 1.165) is 25.9 Å². The molecule has 0 radical (unpaired) electrons. The average molecular weight is 316 g/mol. The Bertz CT molecular complexity index is 572. The van der Waals surface area contributed by atoms with Gasteiger partial charge in [0.15, 0.2) is 0 Å². The van der Waals surface area contributed by atoms with Gasteiger partial charge in [0.1, 0.15) is 11.6 Å². The lowest BCUT2D eigenvalue weighted by molar-refractivity contribution is 0.365. The van der Waals surface area contributed by atoms with Crippen LogP contribution in [0.2, 0.25) is 0 Å². The van der Waals surface area contributed by atoms with E-state index in [-0.39, 0.29) is 11.4 Å². The van der Waals surface area contributed by atoms with Gasteiger partial charge in [-0.3, -0.25) is 4.72 Å². The number of rotatable bonds is 6. The van der Waals surface area contributed by atoms with Gasteiger partial charge >= 0.3 is 0 Å². The first-order valence-corrected chi connectivity index (χ1v) is 8.70. The van der Waals surface area contributed by atoms with Gasteiger partial charge in [-0.2, -0.15) is 0 Å². The van der Waals surface area contributed by atoms with Crippen LogP contribution in [0, 0.1) is 11.7 Å². The monoisotopic (exact) mass is 316 g/mol. The van der Waals surface area contributed by atoms with Crippen molar-refractivity contribution in [3.8, 4) is 5.75 Å². The molecular formula is C14H21FN2O3S. The second-order valence-electron chi connectivity index (χ2n) is 5.25. The summed E-state index contributed by atoms with van der Waals surface area (Å²) in [5.74, 6) is 0.223. The van der Waals surface area contributed by atoms with Gasteiger partial charge in [0.2, 0.25) is 10.0 Å². The standard InChI is InChI=1S/C14H21FN2O3S/c1-20-12-2-3-13(15)14(10-12)17-21(18,19)9-6-11-4-7-16-8-5-11/h2-3,10-11,16-17H,4-9H2,1H3. The fourth-order valence-corrected chi connectivity index (χ4v) is 3.66. The molecule has 0 saturated carbocycles. The summed E-state index contributed by atoms with van der Waals surface area (Å²) in [6.45, 7) is 1.87. The van der Waals surface area contributed by atoms with Crippen LogP contribution in [0.1, 0.15) is 19.3 Å². The minimum absolute atomic E-state index is 0.00825. The van der Waals surface area contributed by atoms with Crippen molar-refractivity contribution in [3.05, 3.63) is 24.0 Å². The fourth-order valence-electron chi connectivity index (χ4n) is 2.42. The number of nitrogens with one attached hydrogen (secondary N) is 2. The first-order chi connectivity index (χ1) is 10.00. The topological polar surface area (TPSA) is 67.4 Å². The molecule has 1 heterocycles. The summed E-state index contributed by atoms with van der Waals surface area (Å²) in [4.78, 5) is 0. The van der Waals surface area contributed by atoms with Gasteiger partial charge in [-0.05, 0) is 50.4 Å². The fraction of sp³-hybridized carbons (Fsp3) is 0.571. The highest BCUT2D eigenvalue weighted by atomic mass is 32.2. The number of halogens is 1. The third kappa shape index (κ3) is 4.86. The van der Waals surface area contributed by atoms with E-state index < -0.39 is 15.8 Å². The van der Waals surface area contributed by atoms with Crippen molar-refractivity contribution in [2.24, 2.45) is 5.92 Å². The number of benzene rings is 1. The zero-order chi connectivity index (χ0) is 15.3. The van der Waals surface area contributed by atoms with E-state index >= 15 is 0 Å². The molecule has 21 heavy (non-hydrogen) atoms. The van der Waals surface area contributed by atoms with Crippen molar-refractivity contribution in [2.75, 3.05) is 30.7 Å². The van der Waals surface area contributed by atoms with Crippen LogP contribution in [0.3, 0.4) is 0 Å². The number of sulfonamides is 1. The Morgan fingerprint density at radius 2 is 2.10 bits per heavy atom. The Labute approximate surface area is 124 Å². The van der Waals surface area contributed by atoms with Crippen molar-refractivity contribution in [1.82, 2.24) is 5.32 Å². The highest BCUT2D eigenvalue weighted by molar-refractivity contribution is 7.92. The van der Waals surface area contributed by atoms with Crippen LogP contribution in [0.25, 0.3) is 0 Å². The minimum atomic E-state index is -3.55. The highest BCUT2D eigenvalue weighted by Crippen LogP contribution is 2.23. The lowest BCUT2D eigenvalue weighted by Crippen LogP contribution is -2.29. The van der Waals surface area contributed by atoms with Gasteiger partial charge in [-0.15, -0.1) is 0 Å². The van der Waals surface area contributed by atoms with Crippen molar-refractivity contribution < 1.29 is 17.5 Å². The van der Waals surface area contributed by atoms with Gasteiger partial charge in [-0.1, -0.05) is 0 Å². The molecule has 0 amide bonds. The Morgan fingerprint density at radius 1 is 1.38 bits per heavy atom. The van der Waals surface area contributed by atoms with Gasteiger partial charge in [0.05, 0.1) is 18.6 Å². The van der Waals surface area contributed by atoms with E-state index in [1.54, 1.807) is 0 Å². The zero-order valence-corrected chi connectivity index (χ0v) is 12.9. The van der Waals surface area contributed by atoms with E-state index in [1.165, 1.54) is 25.3 Å². The Morgan fingerprint density at radius 3 is 2.76 bits per heavy atom. The predicted molar refractivity (Wildman–Crippen MR) is 80.6 cm³/mol.